The van der Waals surface area contributed by atoms with Crippen molar-refractivity contribution in [2.75, 3.05) is 5.32 Å². The fourth-order valence-corrected chi connectivity index (χ4v) is 1.07. The molecule has 0 fully saturated rings. The number of allylic oxidation sites excluding steroid dienone is 1. The average molecular weight is 191 g/mol. The predicted molar refractivity (Wildman–Crippen MR) is 61.4 cm³/mol. The van der Waals surface area contributed by atoms with Gasteiger partial charge in [0.15, 0.2) is 0 Å². The molecule has 0 saturated carbocycles. The Morgan fingerprint density at radius 1 is 1.29 bits per heavy atom. The third-order valence-electron chi connectivity index (χ3n) is 1.72. The van der Waals surface area contributed by atoms with Crippen molar-refractivity contribution in [3.8, 4) is 0 Å². The third-order valence-corrected chi connectivity index (χ3v) is 1.72. The van der Waals surface area contributed by atoms with E-state index >= 15 is 0 Å². The van der Waals surface area contributed by atoms with E-state index in [4.69, 9.17) is 4.79 Å². The van der Waals surface area contributed by atoms with Crippen molar-refractivity contribution in [3.63, 3.8) is 0 Å². The summed E-state index contributed by atoms with van der Waals surface area (Å²) < 4.78 is 0. The average Bonchev–Trinajstić information content (AvgIpc) is 2.21. The van der Waals surface area contributed by atoms with E-state index in [1.54, 1.807) is 0 Å². The summed E-state index contributed by atoms with van der Waals surface area (Å²) in [6.07, 6.45) is 1.09. The van der Waals surface area contributed by atoms with E-state index in [9.17, 15) is 0 Å². The van der Waals surface area contributed by atoms with Gasteiger partial charge in [-0.05, 0) is 31.0 Å². The number of carbonyl (C=O) groups is 1. The molecule has 0 unspecified atom stereocenters. The first kappa shape index (κ1) is 12.4. The quantitative estimate of drug-likeness (QED) is 0.795. The second-order valence-electron chi connectivity index (χ2n) is 2.96. The molecule has 2 heteroatoms. The van der Waals surface area contributed by atoms with Crippen LogP contribution in [0.25, 0.3) is 0 Å². The standard InChI is InChI=1S/C11H15N.CH2O/c1-4-10-5-7-11(8-6-10)12-9(2)3;1-2/h5-8,12H,2,4H2,1,3H3;1H2. The molecule has 2 nitrogen and oxygen atoms in total. The zero-order valence-corrected chi connectivity index (χ0v) is 8.84. The molecule has 0 aliphatic heterocycles. The lowest BCUT2D eigenvalue weighted by Crippen LogP contribution is -1.93. The Hall–Kier alpha value is -1.57. The van der Waals surface area contributed by atoms with Gasteiger partial charge in [0, 0.05) is 11.4 Å². The van der Waals surface area contributed by atoms with Crippen LogP contribution in [0.1, 0.15) is 19.4 Å². The van der Waals surface area contributed by atoms with Gasteiger partial charge in [-0.25, -0.2) is 0 Å². The minimum Gasteiger partial charge on any atom is -0.360 e. The van der Waals surface area contributed by atoms with E-state index in [0.717, 1.165) is 17.8 Å². The highest BCUT2D eigenvalue weighted by Gasteiger charge is 1.91. The molecule has 1 aromatic rings. The summed E-state index contributed by atoms with van der Waals surface area (Å²) in [7, 11) is 0. The number of hydrogen-bond donors (Lipinski definition) is 1. The fraction of sp³-hybridized carbons (Fsp3) is 0.250. The predicted octanol–water partition coefficient (Wildman–Crippen LogP) is 3.01. The van der Waals surface area contributed by atoms with Crippen LogP contribution in [-0.4, -0.2) is 6.79 Å². The molecule has 1 rings (SSSR count). The molecule has 14 heavy (non-hydrogen) atoms. The van der Waals surface area contributed by atoms with Crippen LogP contribution < -0.4 is 5.32 Å². The van der Waals surface area contributed by atoms with Gasteiger partial charge in [-0.15, -0.1) is 0 Å². The molecule has 0 heterocycles. The van der Waals surface area contributed by atoms with Gasteiger partial charge in [-0.1, -0.05) is 25.6 Å². The first-order valence-corrected chi connectivity index (χ1v) is 4.52. The zero-order valence-electron chi connectivity index (χ0n) is 8.84. The molecule has 1 aromatic carbocycles. The molecular weight excluding hydrogens is 174 g/mol. The molecule has 0 aromatic heterocycles. The minimum atomic E-state index is 0.972. The second-order valence-corrected chi connectivity index (χ2v) is 2.96. The normalized spacial score (nSPS) is 8.43. The van der Waals surface area contributed by atoms with E-state index in [-0.39, 0.29) is 0 Å². The van der Waals surface area contributed by atoms with E-state index in [1.807, 2.05) is 13.7 Å². The van der Waals surface area contributed by atoms with Gasteiger partial charge < -0.3 is 10.1 Å². The summed E-state index contributed by atoms with van der Waals surface area (Å²) in [6.45, 7) is 9.89. The topological polar surface area (TPSA) is 29.1 Å². The monoisotopic (exact) mass is 191 g/mol. The number of aryl methyl sites for hydroxylation is 1. The Morgan fingerprint density at radius 2 is 1.79 bits per heavy atom. The van der Waals surface area contributed by atoms with Crippen LogP contribution >= 0.6 is 0 Å². The molecule has 1 N–H and O–H groups in total. The van der Waals surface area contributed by atoms with Crippen LogP contribution in [0.15, 0.2) is 36.5 Å². The summed E-state index contributed by atoms with van der Waals surface area (Å²) in [5.41, 5.74) is 3.45. The van der Waals surface area contributed by atoms with Gasteiger partial charge >= 0.3 is 0 Å². The van der Waals surface area contributed by atoms with Crippen molar-refractivity contribution in [2.45, 2.75) is 20.3 Å². The molecule has 0 atom stereocenters. The zero-order chi connectivity index (χ0) is 11.0. The molecule has 0 aliphatic rings. The maximum atomic E-state index is 8.00. The van der Waals surface area contributed by atoms with Gasteiger partial charge in [0.05, 0.1) is 0 Å². The van der Waals surface area contributed by atoms with Crippen LogP contribution in [0.2, 0.25) is 0 Å². The van der Waals surface area contributed by atoms with Crippen molar-refractivity contribution < 1.29 is 4.79 Å². The number of nitrogens with one attached hydrogen (secondary N) is 1. The highest BCUT2D eigenvalue weighted by molar-refractivity contribution is 5.48. The molecule has 76 valence electrons. The summed E-state index contributed by atoms with van der Waals surface area (Å²) >= 11 is 0. The second kappa shape index (κ2) is 6.89. The van der Waals surface area contributed by atoms with Gasteiger partial charge in [0.25, 0.3) is 0 Å². The Morgan fingerprint density at radius 3 is 2.14 bits per heavy atom. The number of benzene rings is 1. The lowest BCUT2D eigenvalue weighted by Gasteiger charge is -2.05. The maximum Gasteiger partial charge on any atom is 0.106 e. The van der Waals surface area contributed by atoms with E-state index in [0.29, 0.717) is 0 Å². The molecular formula is C12H17NO. The summed E-state index contributed by atoms with van der Waals surface area (Å²) in [5.74, 6) is 0. The number of rotatable bonds is 3. The van der Waals surface area contributed by atoms with Crippen LogP contribution in [0.3, 0.4) is 0 Å². The van der Waals surface area contributed by atoms with Crippen molar-refractivity contribution in [2.24, 2.45) is 0 Å². The van der Waals surface area contributed by atoms with Crippen LogP contribution in [0.4, 0.5) is 5.69 Å². The Bertz CT molecular complexity index is 277. The maximum absolute atomic E-state index is 8.00. The Kier molecular flexibility index (Phi) is 6.12. The van der Waals surface area contributed by atoms with Crippen molar-refractivity contribution >= 4 is 12.5 Å². The van der Waals surface area contributed by atoms with E-state index < -0.39 is 0 Å². The van der Waals surface area contributed by atoms with Crippen LogP contribution in [0, 0.1) is 0 Å². The summed E-state index contributed by atoms with van der Waals surface area (Å²) in [6, 6.07) is 8.41. The Labute approximate surface area is 85.6 Å². The third kappa shape index (κ3) is 4.45. The summed E-state index contributed by atoms with van der Waals surface area (Å²) in [4.78, 5) is 8.00. The van der Waals surface area contributed by atoms with Gasteiger partial charge in [-0.2, -0.15) is 0 Å². The molecule has 0 amide bonds. The first-order valence-electron chi connectivity index (χ1n) is 4.52. The molecule has 0 bridgehead atoms. The largest absolute Gasteiger partial charge is 0.360 e. The number of hydrogen-bond acceptors (Lipinski definition) is 2. The SMILES string of the molecule is C=C(C)Nc1ccc(CC)cc1.C=O. The lowest BCUT2D eigenvalue weighted by molar-refractivity contribution is -0.0979. The molecule has 0 radical (unpaired) electrons. The summed E-state index contributed by atoms with van der Waals surface area (Å²) in [5, 5.41) is 3.16. The molecule has 0 aliphatic carbocycles. The molecule has 0 spiro atoms. The highest BCUT2D eigenvalue weighted by Crippen LogP contribution is 2.11. The number of anilines is 1. The van der Waals surface area contributed by atoms with Gasteiger partial charge in [0.2, 0.25) is 0 Å². The van der Waals surface area contributed by atoms with Gasteiger partial charge in [0.1, 0.15) is 6.79 Å². The van der Waals surface area contributed by atoms with Crippen molar-refractivity contribution in [3.05, 3.63) is 42.1 Å². The minimum absolute atomic E-state index is 0.972. The van der Waals surface area contributed by atoms with Crippen molar-refractivity contribution in [1.29, 1.82) is 0 Å². The smallest absolute Gasteiger partial charge is 0.106 e. The fourth-order valence-electron chi connectivity index (χ4n) is 1.07. The molecule has 0 saturated heterocycles. The lowest BCUT2D eigenvalue weighted by atomic mass is 10.1. The Balaban J connectivity index is 0.000000791. The highest BCUT2D eigenvalue weighted by atomic mass is 16.1. The van der Waals surface area contributed by atoms with E-state index in [1.165, 1.54) is 5.56 Å². The van der Waals surface area contributed by atoms with Gasteiger partial charge in [-0.3, -0.25) is 0 Å². The van der Waals surface area contributed by atoms with Crippen molar-refractivity contribution in [1.82, 2.24) is 0 Å². The number of carbonyl (C=O) groups excluding carboxylic acids is 1. The van der Waals surface area contributed by atoms with E-state index in [2.05, 4.69) is 43.1 Å². The van der Waals surface area contributed by atoms with Crippen LogP contribution in [-0.2, 0) is 11.2 Å². The first-order chi connectivity index (χ1) is 6.72. The van der Waals surface area contributed by atoms with Crippen LogP contribution in [0.5, 0.6) is 0 Å².